The van der Waals surface area contributed by atoms with E-state index in [1.807, 2.05) is 57.2 Å². The molecule has 0 spiro atoms. The molecular weight excluding hydrogens is 486 g/mol. The minimum Gasteiger partial charge on any atom is -0.354 e. The Kier molecular flexibility index (Phi) is 9.85. The number of benzene rings is 3. The highest BCUT2D eigenvalue weighted by atomic mass is 32.2. The second-order valence-electron chi connectivity index (χ2n) is 8.89. The number of hydrogen-bond acceptors (Lipinski definition) is 4. The average Bonchev–Trinajstić information content (AvgIpc) is 2.91. The van der Waals surface area contributed by atoms with Gasteiger partial charge in [-0.1, -0.05) is 74.5 Å². The fourth-order valence-corrected chi connectivity index (χ4v) is 5.52. The number of aryl methyl sites for hydroxylation is 1. The SMILES string of the molecule is CCCNC(=O)C(CC)N(Cc1ccccc1)C(=O)CN(c1cccc(C)c1)S(=O)(=O)c1ccccc1. The highest BCUT2D eigenvalue weighted by Crippen LogP contribution is 2.25. The van der Waals surface area contributed by atoms with Crippen LogP contribution in [0.15, 0.2) is 89.8 Å². The van der Waals surface area contributed by atoms with Crippen molar-refractivity contribution >= 4 is 27.5 Å². The maximum absolute atomic E-state index is 13.9. The summed E-state index contributed by atoms with van der Waals surface area (Å²) in [6.45, 7) is 5.92. The number of sulfonamides is 1. The molecule has 0 aliphatic rings. The maximum atomic E-state index is 13.9. The van der Waals surface area contributed by atoms with E-state index in [0.29, 0.717) is 18.7 Å². The molecular formula is C29H35N3O4S. The molecule has 0 saturated heterocycles. The van der Waals surface area contributed by atoms with Gasteiger partial charge >= 0.3 is 0 Å². The zero-order valence-electron chi connectivity index (χ0n) is 21.6. The number of nitrogens with one attached hydrogen (secondary N) is 1. The summed E-state index contributed by atoms with van der Waals surface area (Å²) in [5.41, 5.74) is 2.11. The van der Waals surface area contributed by atoms with E-state index in [0.717, 1.165) is 21.9 Å². The van der Waals surface area contributed by atoms with Crippen molar-refractivity contribution in [2.45, 2.75) is 51.1 Å². The van der Waals surface area contributed by atoms with Crippen LogP contribution in [-0.4, -0.2) is 44.3 Å². The first-order valence-corrected chi connectivity index (χ1v) is 14.0. The molecule has 0 fully saturated rings. The van der Waals surface area contributed by atoms with Crippen molar-refractivity contribution in [3.8, 4) is 0 Å². The predicted octanol–water partition coefficient (Wildman–Crippen LogP) is 4.52. The Hall–Kier alpha value is -3.65. The van der Waals surface area contributed by atoms with Crippen LogP contribution in [0, 0.1) is 6.92 Å². The molecule has 2 amide bonds. The maximum Gasteiger partial charge on any atom is 0.264 e. The van der Waals surface area contributed by atoms with Crippen LogP contribution in [0.1, 0.15) is 37.8 Å². The summed E-state index contributed by atoms with van der Waals surface area (Å²) in [6.07, 6.45) is 1.16. The van der Waals surface area contributed by atoms with Gasteiger partial charge in [0, 0.05) is 13.1 Å². The summed E-state index contributed by atoms with van der Waals surface area (Å²) >= 11 is 0. The van der Waals surface area contributed by atoms with E-state index < -0.39 is 28.5 Å². The van der Waals surface area contributed by atoms with Crippen LogP contribution in [0.5, 0.6) is 0 Å². The van der Waals surface area contributed by atoms with Crippen molar-refractivity contribution in [1.82, 2.24) is 10.2 Å². The summed E-state index contributed by atoms with van der Waals surface area (Å²) in [4.78, 5) is 28.5. The fraction of sp³-hybridized carbons (Fsp3) is 0.310. The molecule has 3 aromatic carbocycles. The highest BCUT2D eigenvalue weighted by Gasteiger charge is 2.33. The lowest BCUT2D eigenvalue weighted by Gasteiger charge is -2.33. The van der Waals surface area contributed by atoms with Crippen molar-refractivity contribution in [2.75, 3.05) is 17.4 Å². The molecule has 3 aromatic rings. The Morgan fingerprint density at radius 3 is 2.14 bits per heavy atom. The second-order valence-corrected chi connectivity index (χ2v) is 10.7. The lowest BCUT2D eigenvalue weighted by molar-refractivity contribution is -0.140. The molecule has 37 heavy (non-hydrogen) atoms. The minimum absolute atomic E-state index is 0.0895. The molecule has 1 atom stereocenters. The van der Waals surface area contributed by atoms with Gasteiger partial charge in [-0.25, -0.2) is 8.42 Å². The lowest BCUT2D eigenvalue weighted by atomic mass is 10.1. The lowest BCUT2D eigenvalue weighted by Crippen LogP contribution is -2.52. The first-order chi connectivity index (χ1) is 17.8. The molecule has 1 unspecified atom stereocenters. The first-order valence-electron chi connectivity index (χ1n) is 12.5. The molecule has 1 N–H and O–H groups in total. The Balaban J connectivity index is 2.03. The van der Waals surface area contributed by atoms with E-state index in [9.17, 15) is 18.0 Å². The number of amides is 2. The van der Waals surface area contributed by atoms with E-state index in [2.05, 4.69) is 5.32 Å². The van der Waals surface area contributed by atoms with Gasteiger partial charge in [0.25, 0.3) is 10.0 Å². The summed E-state index contributed by atoms with van der Waals surface area (Å²) in [5.74, 6) is -0.704. The van der Waals surface area contributed by atoms with E-state index >= 15 is 0 Å². The quantitative estimate of drug-likeness (QED) is 0.380. The largest absolute Gasteiger partial charge is 0.354 e. The zero-order valence-corrected chi connectivity index (χ0v) is 22.4. The zero-order chi connectivity index (χ0) is 26.8. The topological polar surface area (TPSA) is 86.8 Å². The molecule has 0 saturated carbocycles. The highest BCUT2D eigenvalue weighted by molar-refractivity contribution is 7.92. The summed E-state index contributed by atoms with van der Waals surface area (Å²) in [6, 6.07) is 23.8. The smallest absolute Gasteiger partial charge is 0.264 e. The van der Waals surface area contributed by atoms with Crippen molar-refractivity contribution < 1.29 is 18.0 Å². The van der Waals surface area contributed by atoms with Gasteiger partial charge in [-0.3, -0.25) is 13.9 Å². The van der Waals surface area contributed by atoms with Crippen LogP contribution >= 0.6 is 0 Å². The number of hydrogen-bond donors (Lipinski definition) is 1. The van der Waals surface area contributed by atoms with Crippen LogP contribution in [0.3, 0.4) is 0 Å². The average molecular weight is 522 g/mol. The van der Waals surface area contributed by atoms with Crippen LogP contribution in [0.2, 0.25) is 0 Å². The molecule has 3 rings (SSSR count). The summed E-state index contributed by atoms with van der Waals surface area (Å²) in [7, 11) is -4.05. The number of carbonyl (C=O) groups is 2. The standard InChI is InChI=1S/C29H35N3O4S/c1-4-19-30-29(34)27(5-2)31(21-24-14-8-6-9-15-24)28(33)22-32(25-16-12-13-23(3)20-25)37(35,36)26-17-10-7-11-18-26/h6-18,20,27H,4-5,19,21-22H2,1-3H3,(H,30,34). The summed E-state index contributed by atoms with van der Waals surface area (Å²) in [5, 5.41) is 2.89. The third-order valence-corrected chi connectivity index (χ3v) is 7.82. The van der Waals surface area contributed by atoms with E-state index in [1.165, 1.54) is 17.0 Å². The molecule has 0 aliphatic heterocycles. The van der Waals surface area contributed by atoms with Crippen LogP contribution in [0.25, 0.3) is 0 Å². The molecule has 0 aliphatic carbocycles. The van der Waals surface area contributed by atoms with E-state index in [-0.39, 0.29) is 17.3 Å². The van der Waals surface area contributed by atoms with Gasteiger partial charge in [-0.15, -0.1) is 0 Å². The molecule has 8 heteroatoms. The molecule has 196 valence electrons. The number of carbonyl (C=O) groups excluding carboxylic acids is 2. The van der Waals surface area contributed by atoms with Crippen molar-refractivity contribution in [3.63, 3.8) is 0 Å². The van der Waals surface area contributed by atoms with Crippen LogP contribution in [0.4, 0.5) is 5.69 Å². The molecule has 0 radical (unpaired) electrons. The van der Waals surface area contributed by atoms with Gasteiger partial charge in [-0.2, -0.15) is 0 Å². The Bertz CT molecular complexity index is 1280. The van der Waals surface area contributed by atoms with Crippen molar-refractivity contribution in [2.24, 2.45) is 0 Å². The number of nitrogens with zero attached hydrogens (tertiary/aromatic N) is 2. The third-order valence-electron chi connectivity index (χ3n) is 6.03. The normalized spacial score (nSPS) is 12.0. The third kappa shape index (κ3) is 7.20. The number of rotatable bonds is 12. The summed E-state index contributed by atoms with van der Waals surface area (Å²) < 4.78 is 28.6. The van der Waals surface area contributed by atoms with Crippen LogP contribution in [-0.2, 0) is 26.2 Å². The molecule has 0 aromatic heterocycles. The van der Waals surface area contributed by atoms with Gasteiger partial charge < -0.3 is 10.2 Å². The Morgan fingerprint density at radius 1 is 0.892 bits per heavy atom. The molecule has 0 heterocycles. The fourth-order valence-electron chi connectivity index (χ4n) is 4.10. The van der Waals surface area contributed by atoms with Gasteiger partial charge in [0.2, 0.25) is 11.8 Å². The van der Waals surface area contributed by atoms with Gasteiger partial charge in [0.1, 0.15) is 12.6 Å². The second kappa shape index (κ2) is 13.1. The van der Waals surface area contributed by atoms with Crippen molar-refractivity contribution in [3.05, 3.63) is 96.1 Å². The molecule has 7 nitrogen and oxygen atoms in total. The predicted molar refractivity (Wildman–Crippen MR) is 147 cm³/mol. The Morgan fingerprint density at radius 2 is 1.54 bits per heavy atom. The van der Waals surface area contributed by atoms with E-state index in [1.54, 1.807) is 36.4 Å². The van der Waals surface area contributed by atoms with E-state index in [4.69, 9.17) is 0 Å². The van der Waals surface area contributed by atoms with Crippen molar-refractivity contribution in [1.29, 1.82) is 0 Å². The van der Waals surface area contributed by atoms with Gasteiger partial charge in [0.05, 0.1) is 10.6 Å². The van der Waals surface area contributed by atoms with Gasteiger partial charge in [-0.05, 0) is 55.2 Å². The minimum atomic E-state index is -4.05. The first kappa shape index (κ1) is 27.9. The number of anilines is 1. The monoisotopic (exact) mass is 521 g/mol. The Labute approximate surface area is 220 Å². The van der Waals surface area contributed by atoms with Gasteiger partial charge in [0.15, 0.2) is 0 Å². The molecule has 0 bridgehead atoms. The van der Waals surface area contributed by atoms with Crippen LogP contribution < -0.4 is 9.62 Å².